The highest BCUT2D eigenvalue weighted by molar-refractivity contribution is 7.00. The monoisotopic (exact) mass is 845 g/mol. The first-order valence-corrected chi connectivity index (χ1v) is 24.1. The standard InChI is InChI=1S/C61H73BN2/c1-38-31-53-55-54(32-38)64(50-27-23-42(58(8,9)10)34-45(50)39-19-18-20-41(33-39)57(5,6)7)52-37-47-46(60(14,15)29-30-61(47,16)17)36-49(52)62(55)48-35-43(59(11,12)13)24-28-51(48)63(53)44-25-21-40(22-26-44)56(2,3)4/h18-28,31-37H,29-30H2,1-17H3. The maximum Gasteiger partial charge on any atom is 0.252 e. The Morgan fingerprint density at radius 2 is 0.922 bits per heavy atom. The van der Waals surface area contributed by atoms with E-state index in [-0.39, 0.29) is 39.2 Å². The number of nitrogens with zero attached hydrogens (tertiary/aromatic N) is 2. The summed E-state index contributed by atoms with van der Waals surface area (Å²) in [6, 6.07) is 43.8. The van der Waals surface area contributed by atoms with Gasteiger partial charge < -0.3 is 9.80 Å². The fraction of sp³-hybridized carbons (Fsp3) is 0.410. The van der Waals surface area contributed by atoms with Crippen LogP contribution in [0.4, 0.5) is 34.1 Å². The molecule has 3 aliphatic rings. The van der Waals surface area contributed by atoms with Crippen LogP contribution in [0.25, 0.3) is 11.1 Å². The topological polar surface area (TPSA) is 6.48 Å². The molecule has 2 aliphatic heterocycles. The van der Waals surface area contributed by atoms with Crippen LogP contribution < -0.4 is 26.2 Å². The Hall–Kier alpha value is -5.02. The van der Waals surface area contributed by atoms with Gasteiger partial charge in [-0.05, 0) is 162 Å². The summed E-state index contributed by atoms with van der Waals surface area (Å²) in [5.74, 6) is 0. The van der Waals surface area contributed by atoms with Gasteiger partial charge in [0.1, 0.15) is 0 Å². The molecule has 0 fully saturated rings. The minimum Gasteiger partial charge on any atom is -0.311 e. The van der Waals surface area contributed by atoms with Crippen molar-refractivity contribution in [2.45, 2.75) is 163 Å². The van der Waals surface area contributed by atoms with E-state index in [9.17, 15) is 0 Å². The third kappa shape index (κ3) is 7.34. The predicted molar refractivity (Wildman–Crippen MR) is 281 cm³/mol. The number of fused-ring (bicyclic) bond motifs is 5. The Balaban J connectivity index is 1.43. The van der Waals surface area contributed by atoms with Gasteiger partial charge in [0.2, 0.25) is 0 Å². The van der Waals surface area contributed by atoms with Crippen LogP contribution in [0.3, 0.4) is 0 Å². The molecule has 330 valence electrons. The first-order valence-electron chi connectivity index (χ1n) is 24.1. The van der Waals surface area contributed by atoms with Crippen molar-refractivity contribution in [2.75, 3.05) is 9.80 Å². The van der Waals surface area contributed by atoms with Gasteiger partial charge in [-0.2, -0.15) is 0 Å². The van der Waals surface area contributed by atoms with Crippen LogP contribution >= 0.6 is 0 Å². The summed E-state index contributed by atoms with van der Waals surface area (Å²) in [7, 11) is 0. The summed E-state index contributed by atoms with van der Waals surface area (Å²) in [5, 5.41) is 0. The molecule has 0 N–H and O–H groups in total. The molecule has 3 heteroatoms. The number of benzene rings is 6. The second-order valence-electron chi connectivity index (χ2n) is 25.2. The van der Waals surface area contributed by atoms with Gasteiger partial charge in [-0.3, -0.25) is 0 Å². The molecule has 0 radical (unpaired) electrons. The Morgan fingerprint density at radius 1 is 0.438 bits per heavy atom. The van der Waals surface area contributed by atoms with E-state index in [0.717, 1.165) is 0 Å². The SMILES string of the molecule is Cc1cc2c3c(c1)N(c1ccc(C(C)(C)C)cc1-c1cccc(C(C)(C)C)c1)c1cc4c(cc1B3c1cc(C(C)(C)C)ccc1N2c1ccc(C(C)(C)C)cc1)C(C)(C)CCC4(C)C. The van der Waals surface area contributed by atoms with E-state index in [1.165, 1.54) is 113 Å². The van der Waals surface area contributed by atoms with Crippen molar-refractivity contribution in [1.82, 2.24) is 0 Å². The summed E-state index contributed by atoms with van der Waals surface area (Å²) < 4.78 is 0. The van der Waals surface area contributed by atoms with E-state index in [2.05, 4.69) is 237 Å². The van der Waals surface area contributed by atoms with Crippen LogP contribution in [-0.2, 0) is 32.5 Å². The Labute approximate surface area is 387 Å². The third-order valence-electron chi connectivity index (χ3n) is 15.2. The molecule has 0 spiro atoms. The molecule has 0 bridgehead atoms. The van der Waals surface area contributed by atoms with E-state index in [1.54, 1.807) is 0 Å². The molecule has 0 aromatic heterocycles. The van der Waals surface area contributed by atoms with Gasteiger partial charge >= 0.3 is 0 Å². The first-order chi connectivity index (χ1) is 29.6. The maximum absolute atomic E-state index is 2.70. The molecule has 2 nitrogen and oxygen atoms in total. The van der Waals surface area contributed by atoms with Crippen molar-refractivity contribution in [3.8, 4) is 11.1 Å². The molecule has 0 unspecified atom stereocenters. The van der Waals surface area contributed by atoms with Gasteiger partial charge in [-0.15, -0.1) is 0 Å². The second-order valence-corrected chi connectivity index (χ2v) is 25.2. The van der Waals surface area contributed by atoms with Crippen molar-refractivity contribution in [3.05, 3.63) is 148 Å². The molecule has 64 heavy (non-hydrogen) atoms. The largest absolute Gasteiger partial charge is 0.311 e. The minimum atomic E-state index is -0.0193. The lowest BCUT2D eigenvalue weighted by Gasteiger charge is -2.48. The zero-order valence-corrected chi connectivity index (χ0v) is 42.3. The second kappa shape index (κ2) is 14.5. The minimum absolute atomic E-state index is 0.0126. The van der Waals surface area contributed by atoms with Crippen LogP contribution in [0, 0.1) is 6.92 Å². The Kier molecular flexibility index (Phi) is 10.0. The van der Waals surface area contributed by atoms with Crippen LogP contribution in [0.1, 0.15) is 163 Å². The van der Waals surface area contributed by atoms with Gasteiger partial charge in [0.25, 0.3) is 6.71 Å². The molecular formula is C61H73BN2. The summed E-state index contributed by atoms with van der Waals surface area (Å²) in [6.45, 7) is 40.3. The fourth-order valence-electron chi connectivity index (χ4n) is 10.9. The molecule has 6 aromatic rings. The summed E-state index contributed by atoms with van der Waals surface area (Å²) in [4.78, 5) is 5.28. The predicted octanol–water partition coefficient (Wildman–Crippen LogP) is 15.3. The molecule has 6 aromatic carbocycles. The van der Waals surface area contributed by atoms with Crippen molar-refractivity contribution in [1.29, 1.82) is 0 Å². The summed E-state index contributed by atoms with van der Waals surface area (Å²) in [6.07, 6.45) is 2.34. The Morgan fingerprint density at radius 3 is 1.50 bits per heavy atom. The smallest absolute Gasteiger partial charge is 0.252 e. The average Bonchev–Trinajstić information content (AvgIpc) is 3.20. The van der Waals surface area contributed by atoms with Crippen LogP contribution in [0.2, 0.25) is 0 Å². The third-order valence-corrected chi connectivity index (χ3v) is 15.2. The molecule has 1 aliphatic carbocycles. The zero-order valence-electron chi connectivity index (χ0n) is 42.3. The quantitative estimate of drug-likeness (QED) is 0.164. The lowest BCUT2D eigenvalue weighted by atomic mass is 9.33. The number of rotatable bonds is 3. The molecule has 2 heterocycles. The van der Waals surface area contributed by atoms with Gasteiger partial charge in [0, 0.05) is 34.0 Å². The van der Waals surface area contributed by atoms with Crippen molar-refractivity contribution < 1.29 is 0 Å². The molecule has 9 rings (SSSR count). The summed E-state index contributed by atoms with van der Waals surface area (Å²) in [5.41, 5.74) is 24.1. The highest BCUT2D eigenvalue weighted by Crippen LogP contribution is 2.52. The molecule has 0 amide bonds. The summed E-state index contributed by atoms with van der Waals surface area (Å²) >= 11 is 0. The van der Waals surface area contributed by atoms with E-state index in [0.29, 0.717) is 0 Å². The van der Waals surface area contributed by atoms with Crippen LogP contribution in [0.15, 0.2) is 109 Å². The highest BCUT2D eigenvalue weighted by atomic mass is 15.2. The van der Waals surface area contributed by atoms with Gasteiger partial charge in [0.05, 0.1) is 5.69 Å². The zero-order chi connectivity index (χ0) is 46.3. The van der Waals surface area contributed by atoms with Crippen molar-refractivity contribution in [3.63, 3.8) is 0 Å². The lowest BCUT2D eigenvalue weighted by molar-refractivity contribution is 0.332. The number of hydrogen-bond acceptors (Lipinski definition) is 2. The normalized spacial score (nSPS) is 16.5. The van der Waals surface area contributed by atoms with E-state index in [4.69, 9.17) is 0 Å². The molecule has 0 saturated heterocycles. The Bertz CT molecular complexity index is 2830. The van der Waals surface area contributed by atoms with Gasteiger partial charge in [-0.1, -0.05) is 171 Å². The molecular weight excluding hydrogens is 771 g/mol. The molecule has 0 atom stereocenters. The average molecular weight is 845 g/mol. The number of aryl methyl sites for hydroxylation is 1. The molecule has 0 saturated carbocycles. The number of hydrogen-bond donors (Lipinski definition) is 0. The van der Waals surface area contributed by atoms with Gasteiger partial charge in [-0.25, -0.2) is 0 Å². The number of anilines is 6. The van der Waals surface area contributed by atoms with Gasteiger partial charge in [0.15, 0.2) is 0 Å². The van der Waals surface area contributed by atoms with Crippen LogP contribution in [-0.4, -0.2) is 6.71 Å². The van der Waals surface area contributed by atoms with Crippen molar-refractivity contribution in [2.24, 2.45) is 0 Å². The van der Waals surface area contributed by atoms with E-state index >= 15 is 0 Å². The van der Waals surface area contributed by atoms with Crippen molar-refractivity contribution >= 4 is 57.2 Å². The van der Waals surface area contributed by atoms with Crippen LogP contribution in [0.5, 0.6) is 0 Å². The van der Waals surface area contributed by atoms with E-state index in [1.807, 2.05) is 0 Å². The first kappa shape index (κ1) is 44.2. The highest BCUT2D eigenvalue weighted by Gasteiger charge is 2.47. The fourth-order valence-corrected chi connectivity index (χ4v) is 10.9. The lowest BCUT2D eigenvalue weighted by Crippen LogP contribution is -2.62. The van der Waals surface area contributed by atoms with E-state index < -0.39 is 0 Å². The maximum atomic E-state index is 2.70.